The fraction of sp³-hybridized carbons (Fsp3) is 0.412. The van der Waals surface area contributed by atoms with Gasteiger partial charge in [-0.2, -0.15) is 0 Å². The van der Waals surface area contributed by atoms with Gasteiger partial charge in [0.05, 0.1) is 10.7 Å². The lowest BCUT2D eigenvalue weighted by Gasteiger charge is -2.22. The molecule has 8 nitrogen and oxygen atoms in total. The zero-order valence-corrected chi connectivity index (χ0v) is 17.2. The van der Waals surface area contributed by atoms with E-state index in [1.165, 1.54) is 26.2 Å². The number of aromatic hydroxyl groups is 1. The molecule has 0 amide bonds. The van der Waals surface area contributed by atoms with Crippen molar-refractivity contribution in [1.29, 1.82) is 0 Å². The first kappa shape index (κ1) is 21.2. The zero-order valence-electron chi connectivity index (χ0n) is 15.7. The van der Waals surface area contributed by atoms with Crippen molar-refractivity contribution in [2.75, 3.05) is 31.3 Å². The third-order valence-corrected chi connectivity index (χ3v) is 6.11. The molecule has 27 heavy (non-hydrogen) atoms. The molecule has 0 saturated heterocycles. The summed E-state index contributed by atoms with van der Waals surface area (Å²) in [4.78, 5) is 23.3. The van der Waals surface area contributed by atoms with Gasteiger partial charge in [-0.1, -0.05) is 32.4 Å². The number of benzene rings is 1. The molecule has 0 fully saturated rings. The summed E-state index contributed by atoms with van der Waals surface area (Å²) in [5.74, 6) is -0.633. The van der Waals surface area contributed by atoms with E-state index >= 15 is 0 Å². The van der Waals surface area contributed by atoms with Crippen LogP contribution in [-0.2, 0) is 10.0 Å². The average Bonchev–Trinajstić information content (AvgIpc) is 2.54. The number of hydrogen-bond donors (Lipinski definition) is 3. The molecule has 2 aromatic rings. The van der Waals surface area contributed by atoms with Crippen molar-refractivity contribution in [2.45, 2.75) is 25.7 Å². The minimum Gasteiger partial charge on any atom is -0.504 e. The highest BCUT2D eigenvalue weighted by atomic mass is 35.5. The lowest BCUT2D eigenvalue weighted by molar-refractivity contribution is 0.443. The van der Waals surface area contributed by atoms with Crippen LogP contribution in [0.15, 0.2) is 26.6 Å². The fourth-order valence-electron chi connectivity index (χ4n) is 2.24. The van der Waals surface area contributed by atoms with Gasteiger partial charge in [-0.3, -0.25) is 9.59 Å². The molecule has 3 N–H and O–H groups in total. The largest absolute Gasteiger partial charge is 0.504 e. The van der Waals surface area contributed by atoms with Gasteiger partial charge in [0.2, 0.25) is 10.0 Å². The Kier molecular flexibility index (Phi) is 5.61. The van der Waals surface area contributed by atoms with Crippen molar-refractivity contribution < 1.29 is 13.5 Å². The third-order valence-electron chi connectivity index (χ3n) is 3.79. The van der Waals surface area contributed by atoms with E-state index in [4.69, 9.17) is 11.6 Å². The molecule has 0 saturated carbocycles. The van der Waals surface area contributed by atoms with Crippen LogP contribution in [-0.4, -0.2) is 38.5 Å². The predicted octanol–water partition coefficient (Wildman–Crippen LogP) is 2.09. The molecular formula is C17H22ClN3O5S. The molecule has 0 spiro atoms. The number of nitrogens with one attached hydrogen (secondary N) is 2. The highest BCUT2D eigenvalue weighted by Gasteiger charge is 2.29. The van der Waals surface area contributed by atoms with Crippen LogP contribution in [0.4, 0.5) is 17.1 Å². The minimum absolute atomic E-state index is 0.0323. The monoisotopic (exact) mass is 415 g/mol. The second kappa shape index (κ2) is 7.14. The maximum Gasteiger partial charge on any atom is 0.253 e. The Hall–Kier alpha value is -2.10. The van der Waals surface area contributed by atoms with Crippen molar-refractivity contribution in [3.05, 3.63) is 37.6 Å². The Morgan fingerprint density at radius 1 is 1.11 bits per heavy atom. The first-order valence-corrected chi connectivity index (χ1v) is 9.87. The van der Waals surface area contributed by atoms with Crippen LogP contribution in [0.25, 0.3) is 0 Å². The van der Waals surface area contributed by atoms with Gasteiger partial charge in [0, 0.05) is 20.6 Å². The van der Waals surface area contributed by atoms with E-state index in [-0.39, 0.29) is 27.5 Å². The van der Waals surface area contributed by atoms with Gasteiger partial charge in [0.15, 0.2) is 5.75 Å². The number of nitrogens with zero attached hydrogens (tertiary/aromatic N) is 1. The Bertz CT molecular complexity index is 1050. The Balaban J connectivity index is 2.45. The Morgan fingerprint density at radius 2 is 1.67 bits per heavy atom. The van der Waals surface area contributed by atoms with Crippen LogP contribution in [0.3, 0.4) is 0 Å². The molecule has 2 aromatic carbocycles. The summed E-state index contributed by atoms with van der Waals surface area (Å²) in [6, 6.07) is 2.62. The quantitative estimate of drug-likeness (QED) is 0.488. The summed E-state index contributed by atoms with van der Waals surface area (Å²) < 4.78 is 25.7. The molecule has 0 unspecified atom stereocenters. The molecule has 0 atom stereocenters. The van der Waals surface area contributed by atoms with Crippen LogP contribution >= 0.6 is 11.6 Å². The first-order valence-electron chi connectivity index (χ1n) is 8.05. The molecular weight excluding hydrogens is 394 g/mol. The molecule has 10 heteroatoms. The highest BCUT2D eigenvalue weighted by molar-refractivity contribution is 7.89. The SMILES string of the molecule is CN(C)S(=O)(=O)c1c(Cl)ccc(Nc2c(NCC(C)(C)C)c(=O)c2=O)c1O. The van der Waals surface area contributed by atoms with E-state index in [9.17, 15) is 23.1 Å². The number of anilines is 3. The standard InChI is InChI=1S/C17H22ClN3O5S/c1-17(2,3)8-19-11-12(15(24)14(11)23)20-10-7-6-9(18)16(13(10)22)27(25,26)21(4)5/h6-7,19-20,22H,8H2,1-5H3. The number of phenols is 1. The van der Waals surface area contributed by atoms with Gasteiger partial charge in [0.25, 0.3) is 10.9 Å². The van der Waals surface area contributed by atoms with Crippen molar-refractivity contribution >= 4 is 38.7 Å². The van der Waals surface area contributed by atoms with Gasteiger partial charge < -0.3 is 15.7 Å². The normalized spacial score (nSPS) is 12.6. The molecule has 0 aromatic heterocycles. The number of rotatable bonds is 6. The summed E-state index contributed by atoms with van der Waals surface area (Å²) in [7, 11) is -1.42. The van der Waals surface area contributed by atoms with Crippen LogP contribution < -0.4 is 21.5 Å². The summed E-state index contributed by atoms with van der Waals surface area (Å²) >= 11 is 5.96. The summed E-state index contributed by atoms with van der Waals surface area (Å²) in [5.41, 5.74) is -1.54. The van der Waals surface area contributed by atoms with E-state index in [1.54, 1.807) is 0 Å². The van der Waals surface area contributed by atoms with Crippen LogP contribution in [0.5, 0.6) is 5.75 Å². The molecule has 0 bridgehead atoms. The highest BCUT2D eigenvalue weighted by Crippen LogP contribution is 2.39. The van der Waals surface area contributed by atoms with Gasteiger partial charge >= 0.3 is 0 Å². The third kappa shape index (κ3) is 4.10. The molecule has 0 aliphatic rings. The molecule has 2 rings (SSSR count). The number of phenolic OH excluding ortho intramolecular Hbond substituents is 1. The van der Waals surface area contributed by atoms with Crippen LogP contribution in [0.2, 0.25) is 5.02 Å². The summed E-state index contributed by atoms with van der Waals surface area (Å²) in [5, 5.41) is 15.8. The van der Waals surface area contributed by atoms with Crippen LogP contribution in [0, 0.1) is 5.41 Å². The first-order chi connectivity index (χ1) is 12.3. The molecule has 0 radical (unpaired) electrons. The van der Waals surface area contributed by atoms with E-state index in [0.29, 0.717) is 6.54 Å². The van der Waals surface area contributed by atoms with E-state index in [0.717, 1.165) is 4.31 Å². The van der Waals surface area contributed by atoms with Crippen molar-refractivity contribution in [1.82, 2.24) is 4.31 Å². The lowest BCUT2D eigenvalue weighted by Crippen LogP contribution is -2.38. The lowest BCUT2D eigenvalue weighted by atomic mass is 9.96. The maximum absolute atomic E-state index is 12.4. The van der Waals surface area contributed by atoms with Gasteiger partial charge in [-0.05, 0) is 17.5 Å². The van der Waals surface area contributed by atoms with E-state index < -0.39 is 31.5 Å². The summed E-state index contributed by atoms with van der Waals surface area (Å²) in [6.45, 7) is 6.32. The smallest absolute Gasteiger partial charge is 0.253 e. The second-order valence-electron chi connectivity index (χ2n) is 7.51. The van der Waals surface area contributed by atoms with Gasteiger partial charge in [0.1, 0.15) is 16.3 Å². The predicted molar refractivity (Wildman–Crippen MR) is 107 cm³/mol. The molecule has 0 heterocycles. The van der Waals surface area contributed by atoms with Gasteiger partial charge in [-0.15, -0.1) is 0 Å². The fourth-order valence-corrected chi connectivity index (χ4v) is 3.72. The number of sulfonamides is 1. The molecule has 148 valence electrons. The second-order valence-corrected chi connectivity index (χ2v) is 10.0. The molecule has 0 aliphatic heterocycles. The Morgan fingerprint density at radius 3 is 2.19 bits per heavy atom. The number of halogens is 1. The van der Waals surface area contributed by atoms with E-state index in [1.807, 2.05) is 20.8 Å². The maximum atomic E-state index is 12.4. The topological polar surface area (TPSA) is 116 Å². The van der Waals surface area contributed by atoms with E-state index in [2.05, 4.69) is 10.6 Å². The molecule has 0 aliphatic carbocycles. The number of hydrogen-bond acceptors (Lipinski definition) is 7. The van der Waals surface area contributed by atoms with Crippen molar-refractivity contribution in [3.63, 3.8) is 0 Å². The Labute approximate surface area is 162 Å². The van der Waals surface area contributed by atoms with Gasteiger partial charge in [-0.25, -0.2) is 12.7 Å². The minimum atomic E-state index is -4.02. The average molecular weight is 416 g/mol. The summed E-state index contributed by atoms with van der Waals surface area (Å²) in [6.07, 6.45) is 0. The van der Waals surface area contributed by atoms with Crippen LogP contribution in [0.1, 0.15) is 20.8 Å². The van der Waals surface area contributed by atoms with Crippen molar-refractivity contribution in [2.24, 2.45) is 5.41 Å². The zero-order chi connectivity index (χ0) is 20.7. The van der Waals surface area contributed by atoms with Crippen molar-refractivity contribution in [3.8, 4) is 5.75 Å².